The predicted molar refractivity (Wildman–Crippen MR) is 156 cm³/mol. The maximum atomic E-state index is 11.8. The average molecular weight is 554 g/mol. The van der Waals surface area contributed by atoms with Crippen LogP contribution in [0.15, 0.2) is 12.2 Å². The van der Waals surface area contributed by atoms with Gasteiger partial charge in [-0.2, -0.15) is 0 Å². The molecular weight excluding hydrogens is 494 g/mol. The molecule has 0 aromatic rings. The van der Waals surface area contributed by atoms with Crippen molar-refractivity contribution < 1.29 is 34.2 Å². The van der Waals surface area contributed by atoms with Crippen LogP contribution in [0.1, 0.15) is 150 Å². The predicted octanol–water partition coefficient (Wildman–Crippen LogP) is 6.88. The Balaban J connectivity index is 4.02. The molecule has 0 fully saturated rings. The van der Waals surface area contributed by atoms with Crippen LogP contribution in [0.5, 0.6) is 0 Å². The fraction of sp³-hybridized carbons (Fsp3) is 0.844. The molecule has 0 rings (SSSR count). The minimum Gasteiger partial charge on any atom is -0.544 e. The molecule has 0 aromatic heterocycles. The van der Waals surface area contributed by atoms with Gasteiger partial charge in [-0.25, -0.2) is 9.59 Å². The van der Waals surface area contributed by atoms with E-state index in [2.05, 4.69) is 19.1 Å². The van der Waals surface area contributed by atoms with E-state index in [1.165, 1.54) is 117 Å². The molecule has 0 aromatic carbocycles. The Kier molecular flexibility index (Phi) is 21.8. The number of quaternary nitrogens is 1. The second-order valence-electron chi connectivity index (χ2n) is 11.4. The van der Waals surface area contributed by atoms with E-state index in [0.29, 0.717) is 6.42 Å². The normalized spacial score (nSPS) is 15.6. The van der Waals surface area contributed by atoms with Gasteiger partial charge in [0.05, 0.1) is 12.5 Å². The van der Waals surface area contributed by atoms with Gasteiger partial charge in [0.15, 0.2) is 12.1 Å². The molecule has 0 spiro atoms. The molecule has 228 valence electrons. The molecule has 0 saturated carbocycles. The lowest BCUT2D eigenvalue weighted by molar-refractivity contribution is -0.969. The smallest absolute Gasteiger partial charge is 0.362 e. The van der Waals surface area contributed by atoms with Crippen molar-refractivity contribution in [3.8, 4) is 0 Å². The number of rotatable bonds is 27. The van der Waals surface area contributed by atoms with Gasteiger partial charge in [0.2, 0.25) is 0 Å². The first-order chi connectivity index (χ1) is 18.6. The third kappa shape index (κ3) is 15.5. The number of hydrogen-bond donors (Lipinski definition) is 2. The van der Waals surface area contributed by atoms with Crippen LogP contribution in [-0.2, 0) is 14.4 Å². The zero-order valence-electron chi connectivity index (χ0n) is 25.5. The van der Waals surface area contributed by atoms with Crippen molar-refractivity contribution in [2.75, 3.05) is 6.54 Å². The lowest BCUT2D eigenvalue weighted by Gasteiger charge is -2.49. The lowest BCUT2D eigenvalue weighted by Crippen LogP contribution is -2.72. The number of aliphatic carboxylic acids is 3. The van der Waals surface area contributed by atoms with Crippen LogP contribution in [0.25, 0.3) is 0 Å². The molecule has 0 aliphatic rings. The van der Waals surface area contributed by atoms with Crippen molar-refractivity contribution in [2.45, 2.75) is 168 Å². The summed E-state index contributed by atoms with van der Waals surface area (Å²) in [6, 6.07) is -3.55. The van der Waals surface area contributed by atoms with Crippen molar-refractivity contribution in [1.82, 2.24) is 0 Å². The first kappa shape index (κ1) is 37.1. The Morgan fingerprint density at radius 2 is 0.923 bits per heavy atom. The van der Waals surface area contributed by atoms with Gasteiger partial charge in [0, 0.05) is 0 Å². The number of allylic oxidation sites excluding steroid dienone is 2. The highest BCUT2D eigenvalue weighted by Crippen LogP contribution is 2.27. The summed E-state index contributed by atoms with van der Waals surface area (Å²) in [5.41, 5.74) is 0. The van der Waals surface area contributed by atoms with E-state index < -0.39 is 40.5 Å². The number of carbonyl (C=O) groups is 3. The molecule has 0 aliphatic heterocycles. The highest BCUT2D eigenvalue weighted by molar-refractivity contribution is 5.76. The maximum Gasteiger partial charge on any atom is 0.362 e. The second-order valence-corrected chi connectivity index (χ2v) is 11.4. The first-order valence-corrected chi connectivity index (χ1v) is 15.8. The van der Waals surface area contributed by atoms with Gasteiger partial charge in [-0.05, 0) is 59.3 Å². The van der Waals surface area contributed by atoms with Gasteiger partial charge in [-0.1, -0.05) is 103 Å². The Morgan fingerprint density at radius 3 is 1.26 bits per heavy atom. The zero-order valence-corrected chi connectivity index (χ0v) is 25.5. The van der Waals surface area contributed by atoms with Crippen LogP contribution in [0.3, 0.4) is 0 Å². The molecule has 0 radical (unpaired) electrons. The Bertz CT molecular complexity index is 642. The largest absolute Gasteiger partial charge is 0.544 e. The average Bonchev–Trinajstić information content (AvgIpc) is 2.90. The number of carboxylic acid groups (broad SMARTS) is 3. The van der Waals surface area contributed by atoms with E-state index in [0.717, 1.165) is 19.3 Å². The molecule has 0 heterocycles. The Hall–Kier alpha value is -1.89. The molecule has 0 aliphatic carbocycles. The molecular formula is C32H59NO6. The second kappa shape index (κ2) is 22.9. The van der Waals surface area contributed by atoms with Gasteiger partial charge in [0.25, 0.3) is 0 Å². The highest BCUT2D eigenvalue weighted by atomic mass is 16.4. The molecule has 2 N–H and O–H groups in total. The van der Waals surface area contributed by atoms with Gasteiger partial charge in [-0.3, -0.25) is 4.48 Å². The fourth-order valence-corrected chi connectivity index (χ4v) is 5.71. The first-order valence-electron chi connectivity index (χ1n) is 15.8. The summed E-state index contributed by atoms with van der Waals surface area (Å²) in [5, 5.41) is 31.0. The minimum atomic E-state index is -1.42. The molecule has 0 amide bonds. The number of carboxylic acids is 3. The van der Waals surface area contributed by atoms with Crippen LogP contribution in [0, 0.1) is 0 Å². The van der Waals surface area contributed by atoms with Crippen LogP contribution in [0.4, 0.5) is 0 Å². The monoisotopic (exact) mass is 553 g/mol. The van der Waals surface area contributed by atoms with Crippen molar-refractivity contribution in [1.29, 1.82) is 0 Å². The van der Waals surface area contributed by atoms with E-state index in [-0.39, 0.29) is 6.54 Å². The summed E-state index contributed by atoms with van der Waals surface area (Å²) in [6.07, 6.45) is 27.6. The topological polar surface area (TPSA) is 115 Å². The van der Waals surface area contributed by atoms with Crippen LogP contribution < -0.4 is 5.11 Å². The van der Waals surface area contributed by atoms with Gasteiger partial charge in [-0.15, -0.1) is 0 Å². The van der Waals surface area contributed by atoms with Crippen LogP contribution in [0.2, 0.25) is 0 Å². The summed E-state index contributed by atoms with van der Waals surface area (Å²) in [5.74, 6) is -3.81. The molecule has 0 bridgehead atoms. The van der Waals surface area contributed by atoms with Crippen molar-refractivity contribution >= 4 is 17.9 Å². The summed E-state index contributed by atoms with van der Waals surface area (Å²) < 4.78 is -0.539. The summed E-state index contributed by atoms with van der Waals surface area (Å²) >= 11 is 0. The van der Waals surface area contributed by atoms with E-state index in [9.17, 15) is 29.7 Å². The van der Waals surface area contributed by atoms with Crippen LogP contribution in [-0.4, -0.2) is 57.3 Å². The maximum absolute atomic E-state index is 11.8. The van der Waals surface area contributed by atoms with E-state index in [1.54, 1.807) is 0 Å². The van der Waals surface area contributed by atoms with Crippen molar-refractivity contribution in [2.24, 2.45) is 0 Å². The number of hydrogen-bond acceptors (Lipinski definition) is 4. The summed E-state index contributed by atoms with van der Waals surface area (Å²) in [4.78, 5) is 35.3. The Labute approximate surface area is 238 Å². The third-order valence-corrected chi connectivity index (χ3v) is 8.53. The summed E-state index contributed by atoms with van der Waals surface area (Å²) in [7, 11) is 0. The molecule has 0 saturated heterocycles. The summed E-state index contributed by atoms with van der Waals surface area (Å²) in [6.45, 7) is 6.59. The van der Waals surface area contributed by atoms with Crippen LogP contribution >= 0.6 is 0 Å². The fourth-order valence-electron chi connectivity index (χ4n) is 5.71. The molecule has 7 nitrogen and oxygen atoms in total. The highest BCUT2D eigenvalue weighted by Gasteiger charge is 2.50. The van der Waals surface area contributed by atoms with E-state index in [1.807, 2.05) is 0 Å². The number of nitrogens with zero attached hydrogens (tertiary/aromatic N) is 1. The minimum absolute atomic E-state index is 0.186. The number of carbonyl (C=O) groups excluding carboxylic acids is 1. The van der Waals surface area contributed by atoms with E-state index in [4.69, 9.17) is 0 Å². The molecule has 39 heavy (non-hydrogen) atoms. The van der Waals surface area contributed by atoms with Crippen molar-refractivity contribution in [3.63, 3.8) is 0 Å². The Morgan fingerprint density at radius 1 is 0.590 bits per heavy atom. The quantitative estimate of drug-likeness (QED) is 0.0651. The van der Waals surface area contributed by atoms with Gasteiger partial charge >= 0.3 is 11.9 Å². The SMILES string of the molecule is CCCCC/C=C/CCCCCCCCCCCCCCCC[N+](C(C)C(=O)[O-])(C(C)C(=O)O)C(C)C(=O)O. The van der Waals surface area contributed by atoms with Gasteiger partial charge in [0.1, 0.15) is 6.04 Å². The lowest BCUT2D eigenvalue weighted by atomic mass is 9.99. The van der Waals surface area contributed by atoms with Crippen molar-refractivity contribution in [3.05, 3.63) is 12.2 Å². The third-order valence-electron chi connectivity index (χ3n) is 8.53. The molecule has 3 atom stereocenters. The molecule has 7 heteroatoms. The molecule has 3 unspecified atom stereocenters. The van der Waals surface area contributed by atoms with E-state index >= 15 is 0 Å². The van der Waals surface area contributed by atoms with Gasteiger partial charge < -0.3 is 20.1 Å². The zero-order chi connectivity index (χ0) is 29.5. The standard InChI is InChI=1S/C32H59NO6/c1-5-6-7-8-9-10-11-12-13-14-15-16-17-18-19-20-21-22-23-24-25-26-33(27(2)30(34)35,28(3)31(36)37)29(4)32(38)39/h9-10,27-29H,5-8,11-26H2,1-4H3,(H2-,34,35,36,37,38,39)/b10-9+. The number of unbranched alkanes of at least 4 members (excludes halogenated alkanes) is 17.